The Hall–Kier alpha value is -3.36. The molecule has 170 valence electrons. The van der Waals surface area contributed by atoms with Crippen LogP contribution in [0.4, 0.5) is 4.79 Å². The van der Waals surface area contributed by atoms with Crippen molar-refractivity contribution in [1.82, 2.24) is 19.4 Å². The van der Waals surface area contributed by atoms with E-state index in [4.69, 9.17) is 4.74 Å². The molecule has 1 unspecified atom stereocenters. The zero-order valence-electron chi connectivity index (χ0n) is 18.8. The molecule has 0 bridgehead atoms. The molecule has 1 aromatic heterocycles. The number of aromatic nitrogens is 2. The molecule has 9 nitrogen and oxygen atoms in total. The molecule has 0 spiro atoms. The number of imidazole rings is 1. The number of benzene rings is 1. The molecule has 4 rings (SSSR count). The van der Waals surface area contributed by atoms with Gasteiger partial charge >= 0.3 is 11.8 Å². The van der Waals surface area contributed by atoms with Crippen LogP contribution >= 0.6 is 0 Å². The Balaban J connectivity index is 1.73. The molecule has 2 aromatic rings. The Bertz CT molecular complexity index is 1200. The van der Waals surface area contributed by atoms with Gasteiger partial charge in [-0.2, -0.15) is 0 Å². The van der Waals surface area contributed by atoms with Crippen LogP contribution in [0.25, 0.3) is 16.6 Å². The van der Waals surface area contributed by atoms with E-state index in [0.29, 0.717) is 30.5 Å². The predicted octanol–water partition coefficient (Wildman–Crippen LogP) is 2.34. The van der Waals surface area contributed by atoms with Gasteiger partial charge in [0, 0.05) is 32.1 Å². The van der Waals surface area contributed by atoms with Crippen LogP contribution in [0.1, 0.15) is 51.6 Å². The summed E-state index contributed by atoms with van der Waals surface area (Å²) < 4.78 is 8.52. The van der Waals surface area contributed by atoms with E-state index >= 15 is 0 Å². The van der Waals surface area contributed by atoms with Crippen molar-refractivity contribution >= 4 is 34.5 Å². The van der Waals surface area contributed by atoms with Crippen molar-refractivity contribution in [1.29, 1.82) is 0 Å². The number of imide groups is 1. The second-order valence-corrected chi connectivity index (χ2v) is 9.27. The molecule has 0 radical (unpaired) electrons. The van der Waals surface area contributed by atoms with Crippen molar-refractivity contribution in [2.45, 2.75) is 51.7 Å². The number of nitrogens with zero attached hydrogens (tertiary/aromatic N) is 3. The fourth-order valence-electron chi connectivity index (χ4n) is 4.35. The summed E-state index contributed by atoms with van der Waals surface area (Å²) in [4.78, 5) is 51.4. The summed E-state index contributed by atoms with van der Waals surface area (Å²) in [5.41, 5.74) is 2.17. The van der Waals surface area contributed by atoms with Gasteiger partial charge in [-0.25, -0.2) is 9.59 Å². The van der Waals surface area contributed by atoms with Crippen molar-refractivity contribution in [2.24, 2.45) is 7.05 Å². The van der Waals surface area contributed by atoms with Gasteiger partial charge in [0.15, 0.2) is 0 Å². The van der Waals surface area contributed by atoms with E-state index in [-0.39, 0.29) is 30.5 Å². The second kappa shape index (κ2) is 7.96. The molecule has 1 aromatic carbocycles. The molecule has 1 saturated heterocycles. The standard InChI is InChI=1S/C23H28N4O5/c1-23(2,3)32-22(31)26-12-6-7-14(13-26)15-8-5-9-16-19(15)25(4)21(30)27(16)17-10-11-18(28)24-20(17)29/h5,7-9,17H,6,10-13H2,1-4H3,(H,24,28,29). The largest absolute Gasteiger partial charge is 0.444 e. The van der Waals surface area contributed by atoms with Crippen LogP contribution in [0.2, 0.25) is 0 Å². The van der Waals surface area contributed by atoms with Crippen molar-refractivity contribution in [2.75, 3.05) is 13.1 Å². The first kappa shape index (κ1) is 21.9. The van der Waals surface area contributed by atoms with E-state index in [0.717, 1.165) is 11.1 Å². The Labute approximate surface area is 185 Å². The second-order valence-electron chi connectivity index (χ2n) is 9.27. The van der Waals surface area contributed by atoms with Crippen LogP contribution in [0, 0.1) is 0 Å². The number of piperidine rings is 1. The van der Waals surface area contributed by atoms with Gasteiger partial charge in [0.25, 0.3) is 0 Å². The Morgan fingerprint density at radius 2 is 1.94 bits per heavy atom. The van der Waals surface area contributed by atoms with Crippen LogP contribution < -0.4 is 11.0 Å². The summed E-state index contributed by atoms with van der Waals surface area (Å²) in [5, 5.41) is 2.33. The SMILES string of the molecule is Cn1c(=O)n(C2CCC(=O)NC2=O)c2cccc(C3=CCCN(C(=O)OC(C)(C)C)C3)c21. The fraction of sp³-hybridized carbons (Fsp3) is 0.478. The van der Waals surface area contributed by atoms with Gasteiger partial charge in [-0.15, -0.1) is 0 Å². The van der Waals surface area contributed by atoms with E-state index in [1.165, 1.54) is 9.13 Å². The number of carbonyl (C=O) groups is 3. The minimum atomic E-state index is -0.738. The molecule has 0 aliphatic carbocycles. The third-order valence-electron chi connectivity index (χ3n) is 5.77. The number of hydrogen-bond acceptors (Lipinski definition) is 5. The maximum absolute atomic E-state index is 13.1. The van der Waals surface area contributed by atoms with Gasteiger partial charge in [-0.3, -0.25) is 24.0 Å². The first-order valence-corrected chi connectivity index (χ1v) is 10.8. The lowest BCUT2D eigenvalue weighted by molar-refractivity contribution is -0.135. The van der Waals surface area contributed by atoms with Crippen LogP contribution in [-0.2, 0) is 21.4 Å². The van der Waals surface area contributed by atoms with Gasteiger partial charge in [0.2, 0.25) is 11.8 Å². The van der Waals surface area contributed by atoms with Crippen LogP contribution in [0.5, 0.6) is 0 Å². The summed E-state index contributed by atoms with van der Waals surface area (Å²) in [6.07, 6.45) is 2.85. The maximum atomic E-state index is 13.1. The van der Waals surface area contributed by atoms with E-state index in [1.807, 2.05) is 32.9 Å². The first-order chi connectivity index (χ1) is 15.1. The van der Waals surface area contributed by atoms with Gasteiger partial charge in [0.1, 0.15) is 11.6 Å². The quantitative estimate of drug-likeness (QED) is 0.722. The Morgan fingerprint density at radius 3 is 2.62 bits per heavy atom. The summed E-state index contributed by atoms with van der Waals surface area (Å²) in [5.74, 6) is -0.788. The average Bonchev–Trinajstić information content (AvgIpc) is 2.98. The highest BCUT2D eigenvalue weighted by atomic mass is 16.6. The van der Waals surface area contributed by atoms with E-state index in [9.17, 15) is 19.2 Å². The monoisotopic (exact) mass is 440 g/mol. The van der Waals surface area contributed by atoms with Crippen molar-refractivity contribution in [3.05, 3.63) is 40.3 Å². The minimum Gasteiger partial charge on any atom is -0.444 e. The molecule has 1 atom stereocenters. The van der Waals surface area contributed by atoms with E-state index < -0.39 is 17.6 Å². The molecule has 1 N–H and O–H groups in total. The van der Waals surface area contributed by atoms with Crippen LogP contribution in [0.15, 0.2) is 29.1 Å². The van der Waals surface area contributed by atoms with E-state index in [1.54, 1.807) is 18.0 Å². The number of aryl methyl sites for hydroxylation is 1. The summed E-state index contributed by atoms with van der Waals surface area (Å²) in [7, 11) is 1.67. The molecule has 2 aliphatic heterocycles. The number of amides is 3. The van der Waals surface area contributed by atoms with E-state index in [2.05, 4.69) is 11.4 Å². The zero-order chi connectivity index (χ0) is 23.2. The smallest absolute Gasteiger partial charge is 0.410 e. The number of carbonyl (C=O) groups excluding carboxylic acids is 3. The highest BCUT2D eigenvalue weighted by Gasteiger charge is 2.32. The maximum Gasteiger partial charge on any atom is 0.410 e. The highest BCUT2D eigenvalue weighted by molar-refractivity contribution is 6.00. The summed E-state index contributed by atoms with van der Waals surface area (Å²) >= 11 is 0. The summed E-state index contributed by atoms with van der Waals surface area (Å²) in [6, 6.07) is 4.82. The molecular formula is C23H28N4O5. The molecule has 3 heterocycles. The topological polar surface area (TPSA) is 103 Å². The Kier molecular flexibility index (Phi) is 5.44. The third kappa shape index (κ3) is 3.94. The number of fused-ring (bicyclic) bond motifs is 1. The van der Waals surface area contributed by atoms with Crippen molar-refractivity contribution in [3.63, 3.8) is 0 Å². The normalized spacial score (nSPS) is 19.7. The van der Waals surface area contributed by atoms with Gasteiger partial charge in [0.05, 0.1) is 11.0 Å². The van der Waals surface area contributed by atoms with Crippen molar-refractivity contribution in [3.8, 4) is 0 Å². The number of nitrogens with one attached hydrogen (secondary N) is 1. The molecule has 1 fully saturated rings. The average molecular weight is 441 g/mol. The van der Waals surface area contributed by atoms with Crippen LogP contribution in [-0.4, -0.2) is 50.6 Å². The molecule has 9 heteroatoms. The lowest BCUT2D eigenvalue weighted by Crippen LogP contribution is -2.44. The highest BCUT2D eigenvalue weighted by Crippen LogP contribution is 2.30. The predicted molar refractivity (Wildman–Crippen MR) is 119 cm³/mol. The Morgan fingerprint density at radius 1 is 1.19 bits per heavy atom. The number of rotatable bonds is 2. The number of para-hydroxylation sites is 1. The van der Waals surface area contributed by atoms with Crippen LogP contribution in [0.3, 0.4) is 0 Å². The van der Waals surface area contributed by atoms with Crippen molar-refractivity contribution < 1.29 is 19.1 Å². The molecule has 2 aliphatic rings. The van der Waals surface area contributed by atoms with Gasteiger partial charge in [-0.05, 0) is 45.3 Å². The number of hydrogen-bond donors (Lipinski definition) is 1. The molecule has 0 saturated carbocycles. The molecule has 32 heavy (non-hydrogen) atoms. The fourth-order valence-corrected chi connectivity index (χ4v) is 4.35. The lowest BCUT2D eigenvalue weighted by atomic mass is 9.99. The summed E-state index contributed by atoms with van der Waals surface area (Å²) in [6.45, 7) is 6.43. The van der Waals surface area contributed by atoms with Gasteiger partial charge < -0.3 is 9.64 Å². The zero-order valence-corrected chi connectivity index (χ0v) is 18.8. The molecular weight excluding hydrogens is 412 g/mol. The number of ether oxygens (including phenoxy) is 1. The first-order valence-electron chi connectivity index (χ1n) is 10.8. The third-order valence-corrected chi connectivity index (χ3v) is 5.77. The van der Waals surface area contributed by atoms with Gasteiger partial charge in [-0.1, -0.05) is 18.2 Å². The lowest BCUT2D eigenvalue weighted by Gasteiger charge is -2.30. The molecule has 3 amide bonds. The minimum absolute atomic E-state index is 0.189.